The summed E-state index contributed by atoms with van der Waals surface area (Å²) in [5, 5.41) is 5.61. The Bertz CT molecular complexity index is 563. The number of nitrogens with zero attached hydrogens (tertiary/aromatic N) is 1. The highest BCUT2D eigenvalue weighted by Crippen LogP contribution is 2.19. The van der Waals surface area contributed by atoms with Crippen LogP contribution in [-0.4, -0.2) is 10.9 Å². The predicted octanol–water partition coefficient (Wildman–Crippen LogP) is 4.10. The van der Waals surface area contributed by atoms with Crippen LogP contribution in [0.15, 0.2) is 23.6 Å². The first kappa shape index (κ1) is 13.3. The Hall–Kier alpha value is -1.10. The largest absolute Gasteiger partial charge is 0.298 e. The summed E-state index contributed by atoms with van der Waals surface area (Å²) in [5.41, 5.74) is 2.20. The number of aromatic nitrogens is 1. The van der Waals surface area contributed by atoms with Gasteiger partial charge in [0.05, 0.1) is 11.6 Å². The molecule has 3 nitrogen and oxygen atoms in total. The van der Waals surface area contributed by atoms with Gasteiger partial charge in [-0.1, -0.05) is 11.6 Å². The van der Waals surface area contributed by atoms with Gasteiger partial charge in [0.2, 0.25) is 0 Å². The number of amides is 1. The van der Waals surface area contributed by atoms with E-state index in [-0.39, 0.29) is 5.91 Å². The van der Waals surface area contributed by atoms with Gasteiger partial charge in [-0.05, 0) is 30.7 Å². The van der Waals surface area contributed by atoms with E-state index in [1.165, 1.54) is 11.3 Å². The van der Waals surface area contributed by atoms with E-state index < -0.39 is 0 Å². The molecule has 2 aromatic rings. The first-order valence-electron chi connectivity index (χ1n) is 5.17. The van der Waals surface area contributed by atoms with Crippen molar-refractivity contribution in [3.05, 3.63) is 45.4 Å². The maximum Gasteiger partial charge on any atom is 0.257 e. The number of anilines is 1. The summed E-state index contributed by atoms with van der Waals surface area (Å²) < 4.78 is 0. The van der Waals surface area contributed by atoms with Crippen LogP contribution in [0.2, 0.25) is 5.02 Å². The molecule has 0 aliphatic rings. The molecule has 1 aromatic carbocycles. The Morgan fingerprint density at radius 3 is 2.83 bits per heavy atom. The van der Waals surface area contributed by atoms with Crippen molar-refractivity contribution in [1.82, 2.24) is 4.98 Å². The number of hydrogen-bond donors (Lipinski definition) is 1. The lowest BCUT2D eigenvalue weighted by molar-refractivity contribution is 0.102. The molecule has 1 N–H and O–H groups in total. The van der Waals surface area contributed by atoms with Gasteiger partial charge in [-0.2, -0.15) is 0 Å². The summed E-state index contributed by atoms with van der Waals surface area (Å²) in [4.78, 5) is 16.1. The first-order valence-corrected chi connectivity index (χ1v) is 6.96. The fourth-order valence-electron chi connectivity index (χ4n) is 1.46. The maximum absolute atomic E-state index is 12.0. The van der Waals surface area contributed by atoms with Crippen LogP contribution < -0.4 is 5.32 Å². The van der Waals surface area contributed by atoms with Crippen molar-refractivity contribution in [2.45, 2.75) is 12.8 Å². The molecule has 1 heterocycles. The minimum absolute atomic E-state index is 0.226. The quantitative estimate of drug-likeness (QED) is 0.867. The SMILES string of the molecule is Cc1cc(Cl)cc(C(=O)Nc2nc(CCl)cs2)c1. The Morgan fingerprint density at radius 1 is 1.44 bits per heavy atom. The highest BCUT2D eigenvalue weighted by Gasteiger charge is 2.10. The van der Waals surface area contributed by atoms with Gasteiger partial charge in [-0.25, -0.2) is 4.98 Å². The third-order valence-electron chi connectivity index (χ3n) is 2.21. The molecule has 94 valence electrons. The van der Waals surface area contributed by atoms with Crippen LogP contribution in [0, 0.1) is 6.92 Å². The molecular formula is C12H10Cl2N2OS. The van der Waals surface area contributed by atoms with Crippen LogP contribution in [0.3, 0.4) is 0 Å². The average Bonchev–Trinajstić information content (AvgIpc) is 2.75. The number of nitrogens with one attached hydrogen (secondary N) is 1. The molecule has 0 saturated carbocycles. The monoisotopic (exact) mass is 300 g/mol. The van der Waals surface area contributed by atoms with Crippen LogP contribution in [0.1, 0.15) is 21.6 Å². The van der Waals surface area contributed by atoms with Gasteiger partial charge >= 0.3 is 0 Å². The summed E-state index contributed by atoms with van der Waals surface area (Å²) in [6.07, 6.45) is 0. The number of alkyl halides is 1. The van der Waals surface area contributed by atoms with Gasteiger partial charge in [0.25, 0.3) is 5.91 Å². The number of rotatable bonds is 3. The first-order chi connectivity index (χ1) is 8.58. The maximum atomic E-state index is 12.0. The van der Waals surface area contributed by atoms with Gasteiger partial charge in [-0.15, -0.1) is 22.9 Å². The minimum atomic E-state index is -0.226. The second-order valence-corrected chi connectivity index (χ2v) is 5.31. The van der Waals surface area contributed by atoms with Gasteiger partial charge in [0.1, 0.15) is 0 Å². The fraction of sp³-hybridized carbons (Fsp3) is 0.167. The zero-order chi connectivity index (χ0) is 13.1. The molecule has 0 aliphatic heterocycles. The smallest absolute Gasteiger partial charge is 0.257 e. The van der Waals surface area contributed by atoms with Gasteiger partial charge in [0.15, 0.2) is 5.13 Å². The fourth-order valence-corrected chi connectivity index (χ4v) is 2.69. The molecule has 0 saturated heterocycles. The van der Waals surface area contributed by atoms with Crippen LogP contribution in [0.25, 0.3) is 0 Å². The number of hydrogen-bond acceptors (Lipinski definition) is 3. The molecular weight excluding hydrogens is 291 g/mol. The highest BCUT2D eigenvalue weighted by molar-refractivity contribution is 7.14. The molecule has 0 aliphatic carbocycles. The third-order valence-corrected chi connectivity index (χ3v) is 3.51. The van der Waals surface area contributed by atoms with Crippen molar-refractivity contribution in [3.63, 3.8) is 0 Å². The molecule has 6 heteroatoms. The molecule has 0 spiro atoms. The molecule has 0 atom stereocenters. The van der Waals surface area contributed by atoms with E-state index in [4.69, 9.17) is 23.2 Å². The second kappa shape index (κ2) is 5.69. The van der Waals surface area contributed by atoms with Crippen molar-refractivity contribution in [2.75, 3.05) is 5.32 Å². The Kier molecular flexibility index (Phi) is 4.22. The molecule has 0 radical (unpaired) electrons. The van der Waals surface area contributed by atoms with Crippen molar-refractivity contribution in [3.8, 4) is 0 Å². The zero-order valence-electron chi connectivity index (χ0n) is 9.54. The summed E-state index contributed by atoms with van der Waals surface area (Å²) in [6, 6.07) is 5.20. The zero-order valence-corrected chi connectivity index (χ0v) is 11.9. The van der Waals surface area contributed by atoms with Crippen molar-refractivity contribution in [2.24, 2.45) is 0 Å². The topological polar surface area (TPSA) is 42.0 Å². The average molecular weight is 301 g/mol. The van der Waals surface area contributed by atoms with E-state index >= 15 is 0 Å². The summed E-state index contributed by atoms with van der Waals surface area (Å²) in [6.45, 7) is 1.89. The van der Waals surface area contributed by atoms with Crippen LogP contribution in [0.4, 0.5) is 5.13 Å². The van der Waals surface area contributed by atoms with Crippen LogP contribution >= 0.6 is 34.5 Å². The summed E-state index contributed by atoms with van der Waals surface area (Å²) in [7, 11) is 0. The lowest BCUT2D eigenvalue weighted by Crippen LogP contribution is -2.11. The molecule has 1 amide bonds. The number of thiazole rings is 1. The van der Waals surface area contributed by atoms with Crippen LogP contribution in [0.5, 0.6) is 0 Å². The van der Waals surface area contributed by atoms with Gasteiger partial charge in [0, 0.05) is 16.0 Å². The lowest BCUT2D eigenvalue weighted by atomic mass is 10.1. The number of aryl methyl sites for hydroxylation is 1. The van der Waals surface area contributed by atoms with Crippen molar-refractivity contribution in [1.29, 1.82) is 0 Å². The minimum Gasteiger partial charge on any atom is -0.298 e. The number of benzene rings is 1. The normalized spacial score (nSPS) is 10.4. The molecule has 1 aromatic heterocycles. The Balaban J connectivity index is 2.16. The predicted molar refractivity (Wildman–Crippen MR) is 75.8 cm³/mol. The van der Waals surface area contributed by atoms with E-state index in [9.17, 15) is 4.79 Å². The van der Waals surface area contributed by atoms with Crippen molar-refractivity contribution >= 4 is 45.6 Å². The molecule has 2 rings (SSSR count). The second-order valence-electron chi connectivity index (χ2n) is 3.75. The summed E-state index contributed by atoms with van der Waals surface area (Å²) in [5.74, 6) is 0.110. The molecule has 0 bridgehead atoms. The molecule has 18 heavy (non-hydrogen) atoms. The van der Waals surface area contributed by atoms with E-state index in [1.54, 1.807) is 18.2 Å². The summed E-state index contributed by atoms with van der Waals surface area (Å²) >= 11 is 12.9. The van der Waals surface area contributed by atoms with E-state index in [2.05, 4.69) is 10.3 Å². The molecule has 0 fully saturated rings. The van der Waals surface area contributed by atoms with Gasteiger partial charge in [-0.3, -0.25) is 10.1 Å². The molecule has 0 unspecified atom stereocenters. The van der Waals surface area contributed by atoms with E-state index in [0.717, 1.165) is 11.3 Å². The lowest BCUT2D eigenvalue weighted by Gasteiger charge is -2.03. The van der Waals surface area contributed by atoms with Gasteiger partial charge < -0.3 is 0 Å². The van der Waals surface area contributed by atoms with E-state index in [0.29, 0.717) is 21.6 Å². The third kappa shape index (κ3) is 3.22. The highest BCUT2D eigenvalue weighted by atomic mass is 35.5. The Morgan fingerprint density at radius 2 is 2.22 bits per heavy atom. The number of halogens is 2. The van der Waals surface area contributed by atoms with Crippen LogP contribution in [-0.2, 0) is 5.88 Å². The number of carbonyl (C=O) groups is 1. The standard InChI is InChI=1S/C12H10Cl2N2OS/c1-7-2-8(4-9(14)3-7)11(17)16-12-15-10(5-13)6-18-12/h2-4,6H,5H2,1H3,(H,15,16,17). The van der Waals surface area contributed by atoms with E-state index in [1.807, 2.05) is 12.3 Å². The van der Waals surface area contributed by atoms with Crippen molar-refractivity contribution < 1.29 is 4.79 Å². The Labute approximate surface area is 119 Å². The number of carbonyl (C=O) groups excluding carboxylic acids is 1.